The van der Waals surface area contributed by atoms with E-state index in [1.807, 2.05) is 0 Å². The van der Waals surface area contributed by atoms with Gasteiger partial charge in [0, 0.05) is 6.42 Å². The molecule has 6 N–H and O–H groups in total. The molecule has 1 unspecified atom stereocenters. The van der Waals surface area contributed by atoms with Crippen molar-refractivity contribution < 1.29 is 42.5 Å². The van der Waals surface area contributed by atoms with E-state index in [1.54, 1.807) is 0 Å². The van der Waals surface area contributed by atoms with E-state index < -0.39 is 39.6 Å². The lowest BCUT2D eigenvalue weighted by Gasteiger charge is -2.23. The zero-order chi connectivity index (χ0) is 20.0. The molecular weight excluding hydrogens is 432 g/mol. The molecule has 3 heterocycles. The molecule has 1 saturated heterocycles. The highest BCUT2D eigenvalue weighted by molar-refractivity contribution is 7.60. The Morgan fingerprint density at radius 2 is 2.07 bits per heavy atom. The van der Waals surface area contributed by atoms with Crippen LogP contribution in [-0.2, 0) is 27.9 Å². The Morgan fingerprint density at radius 3 is 2.74 bits per heavy atom. The third kappa shape index (κ3) is 4.46. The molecule has 17 heteroatoms. The minimum absolute atomic E-state index is 0.105. The second-order valence-electron chi connectivity index (χ2n) is 5.50. The van der Waals surface area contributed by atoms with Gasteiger partial charge in [-0.05, 0) is 0 Å². The molecule has 1 fully saturated rings. The predicted molar refractivity (Wildman–Crippen MR) is 88.0 cm³/mol. The number of anilines is 1. The zero-order valence-corrected chi connectivity index (χ0v) is 15.7. The number of fused-ring (bicyclic) bond motifs is 1. The SMILES string of the molecule is Nc1ncnc2c1ncn2[C@@]1(Cl)C[C@H](O)[C@@H](COP(=O)(O)OP(=O)(O)O)O1. The quantitative estimate of drug-likeness (QED) is 0.284. The molecule has 4 atom stereocenters. The van der Waals surface area contributed by atoms with Gasteiger partial charge in [0.2, 0.25) is 5.18 Å². The molecule has 0 bridgehead atoms. The minimum atomic E-state index is -5.27. The summed E-state index contributed by atoms with van der Waals surface area (Å²) in [6.45, 7) is -0.743. The Kier molecular flexibility index (Phi) is 5.34. The number of phosphoric acid groups is 2. The van der Waals surface area contributed by atoms with E-state index in [9.17, 15) is 19.1 Å². The van der Waals surface area contributed by atoms with Crippen LogP contribution in [0.4, 0.5) is 5.82 Å². The number of nitrogen functional groups attached to an aromatic ring is 1. The van der Waals surface area contributed by atoms with Crippen molar-refractivity contribution in [3.8, 4) is 0 Å². The number of halogens is 1. The summed E-state index contributed by atoms with van der Waals surface area (Å²) < 4.78 is 37.1. The molecule has 0 amide bonds. The Hall–Kier alpha value is -1.18. The van der Waals surface area contributed by atoms with Gasteiger partial charge in [-0.15, -0.1) is 0 Å². The van der Waals surface area contributed by atoms with E-state index in [2.05, 4.69) is 23.8 Å². The molecule has 0 aromatic carbocycles. The van der Waals surface area contributed by atoms with Gasteiger partial charge in [-0.1, -0.05) is 11.6 Å². The lowest BCUT2D eigenvalue weighted by molar-refractivity contribution is -0.0647. The van der Waals surface area contributed by atoms with Crippen molar-refractivity contribution in [2.45, 2.75) is 23.8 Å². The first kappa shape index (κ1) is 20.6. The average Bonchev–Trinajstić information content (AvgIpc) is 3.06. The van der Waals surface area contributed by atoms with Crippen LogP contribution >= 0.6 is 27.2 Å². The summed E-state index contributed by atoms with van der Waals surface area (Å²) in [7, 11) is -10.4. The third-order valence-electron chi connectivity index (χ3n) is 3.56. The summed E-state index contributed by atoms with van der Waals surface area (Å²) in [6.07, 6.45) is -0.211. The van der Waals surface area contributed by atoms with Crippen LogP contribution in [0.2, 0.25) is 0 Å². The highest BCUT2D eigenvalue weighted by Crippen LogP contribution is 2.57. The number of rotatable bonds is 6. The number of hydrogen-bond donors (Lipinski definition) is 5. The summed E-state index contributed by atoms with van der Waals surface area (Å²) in [5.74, 6) is 0.105. The van der Waals surface area contributed by atoms with Crippen LogP contribution in [-0.4, -0.2) is 58.1 Å². The fraction of sp³-hybridized carbons (Fsp3) is 0.500. The molecule has 2 aromatic rings. The molecule has 1 aliphatic rings. The monoisotopic (exact) mass is 445 g/mol. The molecule has 0 saturated carbocycles. The van der Waals surface area contributed by atoms with Crippen LogP contribution in [0, 0.1) is 0 Å². The Balaban J connectivity index is 1.76. The summed E-state index contributed by atoms with van der Waals surface area (Å²) in [4.78, 5) is 38.2. The number of phosphoric ester groups is 1. The van der Waals surface area contributed by atoms with Gasteiger partial charge < -0.3 is 30.3 Å². The number of ether oxygens (including phenoxy) is 1. The number of aromatic nitrogens is 4. The largest absolute Gasteiger partial charge is 0.481 e. The van der Waals surface area contributed by atoms with Crippen LogP contribution < -0.4 is 5.73 Å². The summed E-state index contributed by atoms with van der Waals surface area (Å²) in [5, 5.41) is 8.46. The first-order valence-electron chi connectivity index (χ1n) is 7.13. The van der Waals surface area contributed by atoms with Crippen LogP contribution in [0.25, 0.3) is 11.2 Å². The Labute approximate surface area is 155 Å². The van der Waals surface area contributed by atoms with Crippen molar-refractivity contribution in [2.24, 2.45) is 0 Å². The molecule has 1 aliphatic heterocycles. The van der Waals surface area contributed by atoms with E-state index in [-0.39, 0.29) is 23.4 Å². The smallest absolute Gasteiger partial charge is 0.390 e. The first-order valence-corrected chi connectivity index (χ1v) is 10.5. The van der Waals surface area contributed by atoms with Crippen LogP contribution in [0.1, 0.15) is 6.42 Å². The second kappa shape index (κ2) is 7.01. The molecule has 150 valence electrons. The van der Waals surface area contributed by atoms with Crippen molar-refractivity contribution in [3.05, 3.63) is 12.7 Å². The van der Waals surface area contributed by atoms with Gasteiger partial charge in [0.15, 0.2) is 11.5 Å². The third-order valence-corrected chi connectivity index (χ3v) is 6.13. The number of alkyl halides is 1. The number of nitrogens with zero attached hydrogens (tertiary/aromatic N) is 4. The van der Waals surface area contributed by atoms with Crippen molar-refractivity contribution in [1.29, 1.82) is 0 Å². The minimum Gasteiger partial charge on any atom is -0.390 e. The second-order valence-corrected chi connectivity index (χ2v) is 8.92. The normalized spacial score (nSPS) is 28.5. The number of imidazole rings is 1. The van der Waals surface area contributed by atoms with Gasteiger partial charge in [0.25, 0.3) is 0 Å². The summed E-state index contributed by atoms with van der Waals surface area (Å²) >= 11 is 6.41. The van der Waals surface area contributed by atoms with Crippen molar-refractivity contribution in [3.63, 3.8) is 0 Å². The van der Waals surface area contributed by atoms with Gasteiger partial charge in [-0.2, -0.15) is 4.31 Å². The standard InChI is InChI=1S/C10H14ClN5O9P2/c11-10(16-4-15-7-8(12)13-3-14-9(7)16)1-5(17)6(24-10)2-23-27(21,22)25-26(18,19)20/h3-6,17H,1-2H2,(H,21,22)(H2,12,13,14)(H2,18,19,20)/t5-,6+,10-/m0/s1. The van der Waals surface area contributed by atoms with E-state index in [0.29, 0.717) is 0 Å². The van der Waals surface area contributed by atoms with Crippen molar-refractivity contribution in [1.82, 2.24) is 19.5 Å². The van der Waals surface area contributed by atoms with Gasteiger partial charge in [-0.3, -0.25) is 9.09 Å². The van der Waals surface area contributed by atoms with Crippen LogP contribution in [0.15, 0.2) is 12.7 Å². The van der Waals surface area contributed by atoms with Crippen molar-refractivity contribution in [2.75, 3.05) is 12.3 Å². The maximum atomic E-state index is 11.5. The van der Waals surface area contributed by atoms with Gasteiger partial charge in [-0.25, -0.2) is 24.1 Å². The molecule has 0 spiro atoms. The van der Waals surface area contributed by atoms with Gasteiger partial charge in [0.05, 0.1) is 12.7 Å². The maximum absolute atomic E-state index is 11.5. The molecule has 3 rings (SSSR count). The first-order chi connectivity index (χ1) is 12.4. The van der Waals surface area contributed by atoms with Crippen LogP contribution in [0.5, 0.6) is 0 Å². The van der Waals surface area contributed by atoms with Gasteiger partial charge in [0.1, 0.15) is 24.3 Å². The predicted octanol–water partition coefficient (Wildman–Crippen LogP) is -0.366. The van der Waals surface area contributed by atoms with Gasteiger partial charge >= 0.3 is 15.6 Å². The fourth-order valence-corrected chi connectivity index (χ4v) is 4.47. The molecule has 14 nitrogen and oxygen atoms in total. The lowest BCUT2D eigenvalue weighted by atomic mass is 10.2. The Bertz CT molecular complexity index is 952. The average molecular weight is 446 g/mol. The summed E-state index contributed by atoms with van der Waals surface area (Å²) in [6, 6.07) is 0. The van der Waals surface area contributed by atoms with Crippen LogP contribution in [0.3, 0.4) is 0 Å². The topological polar surface area (TPSA) is 212 Å². The zero-order valence-electron chi connectivity index (χ0n) is 13.2. The fourth-order valence-electron chi connectivity index (χ4n) is 2.47. The lowest BCUT2D eigenvalue weighted by Crippen LogP contribution is -2.29. The van der Waals surface area contributed by atoms with E-state index >= 15 is 0 Å². The Morgan fingerprint density at radius 1 is 1.37 bits per heavy atom. The number of aliphatic hydroxyl groups excluding tert-OH is 1. The number of nitrogens with two attached hydrogens (primary N) is 1. The highest BCUT2D eigenvalue weighted by atomic mass is 35.5. The molecule has 2 aromatic heterocycles. The summed E-state index contributed by atoms with van der Waals surface area (Å²) in [5.41, 5.74) is 6.18. The highest BCUT2D eigenvalue weighted by Gasteiger charge is 2.48. The molecular formula is C10H14ClN5O9P2. The maximum Gasteiger partial charge on any atom is 0.481 e. The number of aliphatic hydroxyl groups is 1. The van der Waals surface area contributed by atoms with Crippen molar-refractivity contribution >= 4 is 44.2 Å². The van der Waals surface area contributed by atoms with E-state index in [0.717, 1.165) is 0 Å². The molecule has 0 aliphatic carbocycles. The molecule has 27 heavy (non-hydrogen) atoms. The van der Waals surface area contributed by atoms with E-state index in [4.69, 9.17) is 31.9 Å². The molecule has 0 radical (unpaired) electrons. The van der Waals surface area contributed by atoms with E-state index in [1.165, 1.54) is 17.2 Å². The number of hydrogen-bond acceptors (Lipinski definition) is 10.